The van der Waals surface area contributed by atoms with E-state index in [0.29, 0.717) is 18.0 Å². The van der Waals surface area contributed by atoms with Crippen molar-refractivity contribution in [2.75, 3.05) is 13.1 Å². The van der Waals surface area contributed by atoms with E-state index < -0.39 is 0 Å². The molecule has 2 aromatic heterocycles. The number of benzene rings is 1. The fourth-order valence-corrected chi connectivity index (χ4v) is 3.40. The van der Waals surface area contributed by atoms with Crippen LogP contribution in [0.3, 0.4) is 0 Å². The van der Waals surface area contributed by atoms with Crippen LogP contribution in [0.25, 0.3) is 5.69 Å². The highest BCUT2D eigenvalue weighted by Crippen LogP contribution is 2.27. The molecule has 1 amide bonds. The first-order chi connectivity index (χ1) is 13.1. The Morgan fingerprint density at radius 1 is 1.30 bits per heavy atom. The molecule has 4 rings (SSSR count). The lowest BCUT2D eigenvalue weighted by Crippen LogP contribution is -2.39. The molecule has 3 aromatic rings. The first kappa shape index (κ1) is 17.5. The van der Waals surface area contributed by atoms with Crippen LogP contribution in [0.4, 0.5) is 0 Å². The lowest BCUT2D eigenvalue weighted by Gasteiger charge is -2.31. The molecule has 1 saturated heterocycles. The Kier molecular flexibility index (Phi) is 4.75. The van der Waals surface area contributed by atoms with Gasteiger partial charge in [-0.05, 0) is 37.1 Å². The Bertz CT molecular complexity index is 916. The van der Waals surface area contributed by atoms with Gasteiger partial charge in [0.05, 0.1) is 11.6 Å². The fraction of sp³-hybridized carbons (Fsp3) is 0.400. The average Bonchev–Trinajstić information content (AvgIpc) is 3.40. The molecule has 0 unspecified atom stereocenters. The molecule has 7 heteroatoms. The van der Waals surface area contributed by atoms with Crippen LogP contribution >= 0.6 is 0 Å². The van der Waals surface area contributed by atoms with Crippen molar-refractivity contribution in [2.45, 2.75) is 38.5 Å². The molecule has 0 spiro atoms. The van der Waals surface area contributed by atoms with E-state index in [2.05, 4.69) is 15.2 Å². The normalized spacial score (nSPS) is 17.4. The molecule has 3 heterocycles. The minimum absolute atomic E-state index is 0.0253. The topological polar surface area (TPSA) is 77.0 Å². The average molecular weight is 365 g/mol. The van der Waals surface area contributed by atoms with Gasteiger partial charge in [-0.2, -0.15) is 10.1 Å². The number of nitrogens with zero attached hydrogens (tertiary/aromatic N) is 5. The Labute approximate surface area is 158 Å². The standard InChI is InChI=1S/C20H23N5O2/c1-14(2)18-22-19(27-23-18)16-7-4-10-24(13-16)20(26)15-6-3-8-17(12-15)25-11-5-9-21-25/h3,5-6,8-9,11-12,14,16H,4,7,10,13H2,1-2H3/t16-/m1/s1. The zero-order valence-electron chi connectivity index (χ0n) is 15.6. The summed E-state index contributed by atoms with van der Waals surface area (Å²) in [7, 11) is 0. The number of carbonyl (C=O) groups is 1. The predicted octanol–water partition coefficient (Wildman–Crippen LogP) is 3.40. The van der Waals surface area contributed by atoms with Crippen molar-refractivity contribution in [3.8, 4) is 5.69 Å². The summed E-state index contributed by atoms with van der Waals surface area (Å²) < 4.78 is 7.21. The second-order valence-corrected chi connectivity index (χ2v) is 7.24. The van der Waals surface area contributed by atoms with Crippen molar-refractivity contribution < 1.29 is 9.32 Å². The van der Waals surface area contributed by atoms with Gasteiger partial charge < -0.3 is 9.42 Å². The first-order valence-corrected chi connectivity index (χ1v) is 9.34. The minimum atomic E-state index is 0.0253. The van der Waals surface area contributed by atoms with Gasteiger partial charge in [0.1, 0.15) is 0 Å². The molecule has 140 valence electrons. The van der Waals surface area contributed by atoms with Crippen molar-refractivity contribution in [2.24, 2.45) is 0 Å². The van der Waals surface area contributed by atoms with Crippen molar-refractivity contribution in [1.82, 2.24) is 24.8 Å². The molecule has 0 bridgehead atoms. The maximum absolute atomic E-state index is 13.0. The third-order valence-electron chi connectivity index (χ3n) is 4.89. The number of likely N-dealkylation sites (tertiary alicyclic amines) is 1. The molecule has 0 radical (unpaired) electrons. The highest BCUT2D eigenvalue weighted by molar-refractivity contribution is 5.94. The van der Waals surface area contributed by atoms with Crippen molar-refractivity contribution in [1.29, 1.82) is 0 Å². The number of carbonyl (C=O) groups excluding carboxylic acids is 1. The molecule has 0 saturated carbocycles. The van der Waals surface area contributed by atoms with E-state index in [1.807, 2.05) is 55.3 Å². The predicted molar refractivity (Wildman–Crippen MR) is 99.8 cm³/mol. The molecular formula is C20H23N5O2. The number of hydrogen-bond donors (Lipinski definition) is 0. The summed E-state index contributed by atoms with van der Waals surface area (Å²) in [5.74, 6) is 1.71. The zero-order valence-corrected chi connectivity index (χ0v) is 15.6. The van der Waals surface area contributed by atoms with Crippen LogP contribution in [-0.4, -0.2) is 43.8 Å². The fourth-order valence-electron chi connectivity index (χ4n) is 3.40. The van der Waals surface area contributed by atoms with Gasteiger partial charge in [0.15, 0.2) is 5.82 Å². The smallest absolute Gasteiger partial charge is 0.253 e. The summed E-state index contributed by atoms with van der Waals surface area (Å²) in [4.78, 5) is 19.4. The van der Waals surface area contributed by atoms with Gasteiger partial charge in [-0.1, -0.05) is 25.1 Å². The first-order valence-electron chi connectivity index (χ1n) is 9.34. The van der Waals surface area contributed by atoms with Crippen LogP contribution in [0.15, 0.2) is 47.2 Å². The molecular weight excluding hydrogens is 342 g/mol. The second-order valence-electron chi connectivity index (χ2n) is 7.24. The molecule has 1 aliphatic heterocycles. The van der Waals surface area contributed by atoms with Crippen molar-refractivity contribution in [3.05, 3.63) is 60.0 Å². The maximum Gasteiger partial charge on any atom is 0.253 e. The number of aromatic nitrogens is 4. The van der Waals surface area contributed by atoms with Gasteiger partial charge in [-0.25, -0.2) is 4.68 Å². The molecule has 27 heavy (non-hydrogen) atoms. The van der Waals surface area contributed by atoms with Crippen LogP contribution in [-0.2, 0) is 0 Å². The van der Waals surface area contributed by atoms with E-state index in [9.17, 15) is 4.79 Å². The van der Waals surface area contributed by atoms with Gasteiger partial charge in [0.25, 0.3) is 5.91 Å². The molecule has 7 nitrogen and oxygen atoms in total. The molecule has 1 aromatic carbocycles. The number of rotatable bonds is 4. The highest BCUT2D eigenvalue weighted by atomic mass is 16.5. The van der Waals surface area contributed by atoms with Crippen LogP contribution in [0, 0.1) is 0 Å². The summed E-state index contributed by atoms with van der Waals surface area (Å²) in [6, 6.07) is 9.41. The Balaban J connectivity index is 1.51. The van der Waals surface area contributed by atoms with E-state index in [4.69, 9.17) is 4.52 Å². The van der Waals surface area contributed by atoms with Crippen LogP contribution in [0.2, 0.25) is 0 Å². The van der Waals surface area contributed by atoms with Gasteiger partial charge in [0.2, 0.25) is 5.89 Å². The summed E-state index contributed by atoms with van der Waals surface area (Å²) in [5, 5.41) is 8.29. The van der Waals surface area contributed by atoms with Gasteiger partial charge in [-0.3, -0.25) is 4.79 Å². The van der Waals surface area contributed by atoms with Crippen LogP contribution in [0.5, 0.6) is 0 Å². The minimum Gasteiger partial charge on any atom is -0.339 e. The summed E-state index contributed by atoms with van der Waals surface area (Å²) in [5.41, 5.74) is 1.54. The summed E-state index contributed by atoms with van der Waals surface area (Å²) >= 11 is 0. The molecule has 1 aliphatic rings. The zero-order chi connectivity index (χ0) is 18.8. The molecule has 0 aliphatic carbocycles. The third-order valence-corrected chi connectivity index (χ3v) is 4.89. The number of hydrogen-bond acceptors (Lipinski definition) is 5. The maximum atomic E-state index is 13.0. The number of amides is 1. The quantitative estimate of drug-likeness (QED) is 0.708. The van der Waals surface area contributed by atoms with Crippen LogP contribution in [0.1, 0.15) is 60.6 Å². The largest absolute Gasteiger partial charge is 0.339 e. The Morgan fingerprint density at radius 3 is 2.93 bits per heavy atom. The monoisotopic (exact) mass is 365 g/mol. The number of piperidine rings is 1. The molecule has 0 N–H and O–H groups in total. The summed E-state index contributed by atoms with van der Waals surface area (Å²) in [6.07, 6.45) is 5.47. The van der Waals surface area contributed by atoms with Gasteiger partial charge in [-0.15, -0.1) is 0 Å². The van der Waals surface area contributed by atoms with E-state index in [0.717, 1.165) is 30.9 Å². The molecule has 1 fully saturated rings. The van der Waals surface area contributed by atoms with Crippen LogP contribution < -0.4 is 0 Å². The third kappa shape index (κ3) is 3.63. The Hall–Kier alpha value is -2.96. The molecule has 1 atom stereocenters. The van der Waals surface area contributed by atoms with Crippen molar-refractivity contribution in [3.63, 3.8) is 0 Å². The second kappa shape index (κ2) is 7.34. The van der Waals surface area contributed by atoms with E-state index in [1.54, 1.807) is 10.9 Å². The lowest BCUT2D eigenvalue weighted by molar-refractivity contribution is 0.0695. The van der Waals surface area contributed by atoms with Gasteiger partial charge in [0, 0.05) is 37.0 Å². The van der Waals surface area contributed by atoms with Gasteiger partial charge >= 0.3 is 0 Å². The van der Waals surface area contributed by atoms with Crippen molar-refractivity contribution >= 4 is 5.91 Å². The van der Waals surface area contributed by atoms with E-state index >= 15 is 0 Å². The van der Waals surface area contributed by atoms with E-state index in [-0.39, 0.29) is 17.7 Å². The lowest BCUT2D eigenvalue weighted by atomic mass is 9.97. The summed E-state index contributed by atoms with van der Waals surface area (Å²) in [6.45, 7) is 5.42. The SMILES string of the molecule is CC(C)c1noc([C@@H]2CCCN(C(=O)c3cccc(-n4cccn4)c3)C2)n1. The highest BCUT2D eigenvalue weighted by Gasteiger charge is 2.29. The van der Waals surface area contributed by atoms with E-state index in [1.165, 1.54) is 0 Å². The Morgan fingerprint density at radius 2 is 2.19 bits per heavy atom.